The van der Waals surface area contributed by atoms with Gasteiger partial charge < -0.3 is 14.6 Å². The van der Waals surface area contributed by atoms with E-state index >= 15 is 0 Å². The van der Waals surface area contributed by atoms with Crippen molar-refractivity contribution in [1.82, 2.24) is 9.55 Å². The molecule has 0 saturated carbocycles. The lowest BCUT2D eigenvalue weighted by atomic mass is 10.2. The summed E-state index contributed by atoms with van der Waals surface area (Å²) in [5, 5.41) is 6.08. The van der Waals surface area contributed by atoms with Crippen LogP contribution < -0.4 is 14.8 Å². The van der Waals surface area contributed by atoms with Crippen molar-refractivity contribution in [3.05, 3.63) is 65.3 Å². The fraction of sp³-hybridized carbons (Fsp3) is 0.143. The number of halogens is 1. The number of anilines is 2. The Hall–Kier alpha value is -3.08. The summed E-state index contributed by atoms with van der Waals surface area (Å²) in [7, 11) is -2.20. The van der Waals surface area contributed by atoms with Gasteiger partial charge in [0.2, 0.25) is 5.91 Å². The molecule has 2 aromatic heterocycles. The van der Waals surface area contributed by atoms with Gasteiger partial charge in [-0.05, 0) is 36.4 Å². The first kappa shape index (κ1) is 23.6. The number of nitrogens with one attached hydrogen (secondary N) is 2. The monoisotopic (exact) mass is 492 g/mol. The van der Waals surface area contributed by atoms with E-state index in [1.807, 2.05) is 12.1 Å². The Morgan fingerprint density at radius 3 is 2.62 bits per heavy atom. The number of benzene rings is 2. The van der Waals surface area contributed by atoms with Gasteiger partial charge in [0.25, 0.3) is 10.0 Å². The molecule has 0 saturated heterocycles. The predicted molar refractivity (Wildman–Crippen MR) is 128 cm³/mol. The minimum atomic E-state index is -3.75. The summed E-state index contributed by atoms with van der Waals surface area (Å²) >= 11 is 7.45. The van der Waals surface area contributed by atoms with Crippen LogP contribution in [-0.4, -0.2) is 31.0 Å². The topological polar surface area (TPSA) is 102 Å². The van der Waals surface area contributed by atoms with Gasteiger partial charge in [-0.2, -0.15) is 0 Å². The number of thiazole rings is 1. The molecule has 168 valence electrons. The van der Waals surface area contributed by atoms with Crippen LogP contribution in [0.4, 0.5) is 10.8 Å². The Morgan fingerprint density at radius 2 is 1.97 bits per heavy atom. The van der Waals surface area contributed by atoms with E-state index in [1.165, 1.54) is 41.8 Å². The lowest BCUT2D eigenvalue weighted by Crippen LogP contribution is -2.18. The van der Waals surface area contributed by atoms with Crippen molar-refractivity contribution in [3.8, 4) is 5.75 Å². The van der Waals surface area contributed by atoms with Gasteiger partial charge >= 0.3 is 0 Å². The van der Waals surface area contributed by atoms with Crippen LogP contribution in [0.3, 0.4) is 0 Å². The summed E-state index contributed by atoms with van der Waals surface area (Å²) < 4.78 is 34.2. The van der Waals surface area contributed by atoms with Crippen LogP contribution in [0.2, 0.25) is 5.02 Å². The number of amides is 1. The third kappa shape index (κ3) is 5.04. The number of carbonyl (C=O) groups is 1. The van der Waals surface area contributed by atoms with Crippen molar-refractivity contribution in [3.63, 3.8) is 0 Å². The minimum absolute atomic E-state index is 0. The Balaban J connectivity index is 0.00000289. The lowest BCUT2D eigenvalue weighted by molar-refractivity contribution is -0.116. The van der Waals surface area contributed by atoms with E-state index in [0.29, 0.717) is 16.5 Å². The van der Waals surface area contributed by atoms with Crippen LogP contribution >= 0.6 is 22.9 Å². The van der Waals surface area contributed by atoms with E-state index in [-0.39, 0.29) is 29.9 Å². The summed E-state index contributed by atoms with van der Waals surface area (Å²) in [6.45, 7) is 0.0542. The number of rotatable bonds is 7. The molecule has 2 heterocycles. The minimum Gasteiger partial charge on any atom is -0.497 e. The van der Waals surface area contributed by atoms with Gasteiger partial charge in [0.05, 0.1) is 22.5 Å². The maximum atomic E-state index is 12.5. The molecule has 2 N–H and O–H groups in total. The molecule has 0 aliphatic rings. The van der Waals surface area contributed by atoms with Crippen molar-refractivity contribution < 1.29 is 17.9 Å². The van der Waals surface area contributed by atoms with E-state index in [2.05, 4.69) is 15.0 Å². The van der Waals surface area contributed by atoms with E-state index in [1.54, 1.807) is 29.3 Å². The molecule has 0 aliphatic heterocycles. The molecule has 0 fully saturated rings. The Bertz CT molecular complexity index is 1330. The van der Waals surface area contributed by atoms with Gasteiger partial charge in [-0.1, -0.05) is 19.0 Å². The smallest absolute Gasteiger partial charge is 0.263 e. The number of nitrogens with zero attached hydrogens (tertiary/aromatic N) is 2. The number of hydrogen-bond acceptors (Lipinski definition) is 6. The van der Waals surface area contributed by atoms with Crippen molar-refractivity contribution in [2.24, 2.45) is 0 Å². The summed E-state index contributed by atoms with van der Waals surface area (Å²) in [6, 6.07) is 11.3. The van der Waals surface area contributed by atoms with Gasteiger partial charge in [0.15, 0.2) is 5.13 Å². The number of fused-ring (bicyclic) bond motifs is 1. The molecule has 0 radical (unpaired) electrons. The number of sulfonamides is 1. The lowest BCUT2D eigenvalue weighted by Gasteiger charge is -2.10. The molecule has 0 atom stereocenters. The molecular weight excluding hydrogens is 472 g/mol. The van der Waals surface area contributed by atoms with Gasteiger partial charge in [0, 0.05) is 34.9 Å². The van der Waals surface area contributed by atoms with E-state index < -0.39 is 10.0 Å². The van der Waals surface area contributed by atoms with Crippen LogP contribution in [0.5, 0.6) is 5.75 Å². The number of carbonyl (C=O) groups excluding carboxylic acids is 1. The standard InChI is InChI=1S/C20H17ClN4O4S2.CH4/c1-29-14-10-17(21)16-6-8-25(18(16)11-14)12-19(26)23-13-2-4-15(5-3-13)31(27,28)24-20-22-7-9-30-20;/h2-11H,12H2,1H3,(H,22,24)(H,23,26);1H4. The Morgan fingerprint density at radius 1 is 1.22 bits per heavy atom. The van der Waals surface area contributed by atoms with Gasteiger partial charge in [0.1, 0.15) is 12.3 Å². The third-order valence-corrected chi connectivity index (χ3v) is 6.95. The molecule has 0 bridgehead atoms. The molecule has 1 amide bonds. The zero-order valence-corrected chi connectivity index (χ0v) is 18.6. The first-order valence-electron chi connectivity index (χ1n) is 9.00. The predicted octanol–water partition coefficient (Wildman–Crippen LogP) is 4.84. The molecule has 0 unspecified atom stereocenters. The van der Waals surface area contributed by atoms with Crippen molar-refractivity contribution in [2.45, 2.75) is 18.9 Å². The maximum absolute atomic E-state index is 12.5. The van der Waals surface area contributed by atoms with E-state index in [0.717, 1.165) is 10.9 Å². The summed E-state index contributed by atoms with van der Waals surface area (Å²) in [5.74, 6) is 0.328. The summed E-state index contributed by atoms with van der Waals surface area (Å²) in [4.78, 5) is 16.5. The van der Waals surface area contributed by atoms with Crippen molar-refractivity contribution in [1.29, 1.82) is 0 Å². The second kappa shape index (κ2) is 9.60. The van der Waals surface area contributed by atoms with Gasteiger partial charge in [-0.3, -0.25) is 9.52 Å². The van der Waals surface area contributed by atoms with E-state index in [9.17, 15) is 13.2 Å². The fourth-order valence-electron chi connectivity index (χ4n) is 3.00. The average Bonchev–Trinajstić information content (AvgIpc) is 3.38. The summed E-state index contributed by atoms with van der Waals surface area (Å²) in [5.41, 5.74) is 1.25. The van der Waals surface area contributed by atoms with Crippen molar-refractivity contribution >= 4 is 60.6 Å². The fourth-order valence-corrected chi connectivity index (χ4v) is 5.06. The molecule has 32 heavy (non-hydrogen) atoms. The van der Waals surface area contributed by atoms with Gasteiger partial charge in [-0.25, -0.2) is 13.4 Å². The van der Waals surface area contributed by atoms with Crippen LogP contribution in [0.15, 0.2) is 65.1 Å². The quantitative estimate of drug-likeness (QED) is 0.384. The first-order chi connectivity index (χ1) is 14.9. The van der Waals surface area contributed by atoms with Crippen LogP contribution in [0.1, 0.15) is 7.43 Å². The normalized spacial score (nSPS) is 11.1. The molecular formula is C21H21ClN4O4S2. The average molecular weight is 493 g/mol. The zero-order valence-electron chi connectivity index (χ0n) is 16.2. The highest BCUT2D eigenvalue weighted by Gasteiger charge is 2.16. The third-order valence-electron chi connectivity index (χ3n) is 4.46. The highest BCUT2D eigenvalue weighted by Crippen LogP contribution is 2.30. The molecule has 4 aromatic rings. The van der Waals surface area contributed by atoms with Crippen LogP contribution in [-0.2, 0) is 21.4 Å². The van der Waals surface area contributed by atoms with Crippen molar-refractivity contribution in [2.75, 3.05) is 17.1 Å². The molecule has 0 spiro atoms. The Kier molecular flexibility index (Phi) is 7.07. The summed E-state index contributed by atoms with van der Waals surface area (Å²) in [6.07, 6.45) is 3.29. The van der Waals surface area contributed by atoms with Crippen LogP contribution in [0, 0.1) is 0 Å². The number of aromatic nitrogens is 2. The zero-order chi connectivity index (χ0) is 22.0. The molecule has 0 aliphatic carbocycles. The maximum Gasteiger partial charge on any atom is 0.263 e. The Labute approximate surface area is 194 Å². The second-order valence-corrected chi connectivity index (χ2v) is 9.49. The molecule has 8 nitrogen and oxygen atoms in total. The van der Waals surface area contributed by atoms with E-state index in [4.69, 9.17) is 16.3 Å². The SMILES string of the molecule is C.COc1cc(Cl)c2ccn(CC(=O)Nc3ccc(S(=O)(=O)Nc4nccs4)cc3)c2c1. The second-order valence-electron chi connectivity index (χ2n) is 6.50. The van der Waals surface area contributed by atoms with Crippen LogP contribution in [0.25, 0.3) is 10.9 Å². The highest BCUT2D eigenvalue weighted by atomic mass is 35.5. The number of hydrogen-bond donors (Lipinski definition) is 2. The number of ether oxygens (including phenoxy) is 1. The van der Waals surface area contributed by atoms with Gasteiger partial charge in [-0.15, -0.1) is 11.3 Å². The molecule has 11 heteroatoms. The molecule has 4 rings (SSSR count). The highest BCUT2D eigenvalue weighted by molar-refractivity contribution is 7.93. The molecule has 2 aromatic carbocycles. The largest absolute Gasteiger partial charge is 0.497 e. The first-order valence-corrected chi connectivity index (χ1v) is 11.7. The number of methoxy groups -OCH3 is 1.